The maximum Gasteiger partial charge on any atom is 0.339 e. The van der Waals surface area contributed by atoms with Crippen LogP contribution in [0.3, 0.4) is 0 Å². The van der Waals surface area contributed by atoms with E-state index in [0.717, 1.165) is 0 Å². The number of benzene rings is 1. The van der Waals surface area contributed by atoms with Crippen LogP contribution >= 0.6 is 0 Å². The number of rotatable bonds is 1. The molecule has 1 rings (SSSR count). The van der Waals surface area contributed by atoms with Crippen molar-refractivity contribution in [1.29, 1.82) is 0 Å². The number of hydrogen-bond donors (Lipinski definition) is 3. The SMILES string of the molecule is Nc1cccc(C(=O)O)c1O.[AlH3]. The zero-order valence-electron chi connectivity index (χ0n) is 5.61. The summed E-state index contributed by atoms with van der Waals surface area (Å²) in [7, 11) is 0. The Bertz CT molecular complexity index is 301. The number of aromatic carboxylic acids is 1. The molecule has 1 aromatic rings. The number of nitrogens with two attached hydrogens (primary N) is 1. The monoisotopic (exact) mass is 183 g/mol. The van der Waals surface area contributed by atoms with Crippen LogP contribution in [0.4, 0.5) is 5.69 Å². The van der Waals surface area contributed by atoms with E-state index >= 15 is 0 Å². The van der Waals surface area contributed by atoms with Crippen molar-refractivity contribution in [3.63, 3.8) is 0 Å². The second-order valence-electron chi connectivity index (χ2n) is 2.05. The van der Waals surface area contributed by atoms with Crippen LogP contribution in [0, 0.1) is 0 Å². The lowest BCUT2D eigenvalue weighted by molar-refractivity contribution is 0.0694. The van der Waals surface area contributed by atoms with Gasteiger partial charge >= 0.3 is 5.97 Å². The highest BCUT2D eigenvalue weighted by Crippen LogP contribution is 2.23. The highest BCUT2D eigenvalue weighted by Gasteiger charge is 2.09. The first-order chi connectivity index (χ1) is 5.13. The van der Waals surface area contributed by atoms with Crippen molar-refractivity contribution in [2.75, 3.05) is 5.73 Å². The summed E-state index contributed by atoms with van der Waals surface area (Å²) in [6.07, 6.45) is 0. The van der Waals surface area contributed by atoms with Crippen LogP contribution in [-0.2, 0) is 0 Å². The Balaban J connectivity index is 0.00000121. The van der Waals surface area contributed by atoms with Crippen LogP contribution < -0.4 is 5.73 Å². The fraction of sp³-hybridized carbons (Fsp3) is 0. The lowest BCUT2D eigenvalue weighted by Gasteiger charge is -2.00. The molecule has 0 amide bonds. The number of hydrogen-bond acceptors (Lipinski definition) is 3. The third-order valence-corrected chi connectivity index (χ3v) is 1.30. The van der Waals surface area contributed by atoms with E-state index in [1.807, 2.05) is 0 Å². The van der Waals surface area contributed by atoms with Gasteiger partial charge in [-0.05, 0) is 12.1 Å². The number of para-hydroxylation sites is 1. The van der Waals surface area contributed by atoms with E-state index in [4.69, 9.17) is 15.9 Å². The summed E-state index contributed by atoms with van der Waals surface area (Å²) in [5.74, 6) is -1.56. The van der Waals surface area contributed by atoms with Crippen LogP contribution in [0.5, 0.6) is 5.75 Å². The van der Waals surface area contributed by atoms with Gasteiger partial charge in [0.15, 0.2) is 23.1 Å². The summed E-state index contributed by atoms with van der Waals surface area (Å²) >= 11 is 0. The second-order valence-corrected chi connectivity index (χ2v) is 2.05. The van der Waals surface area contributed by atoms with Crippen molar-refractivity contribution in [3.05, 3.63) is 23.8 Å². The summed E-state index contributed by atoms with van der Waals surface area (Å²) in [4.78, 5) is 10.4. The minimum absolute atomic E-state index is 0. The second kappa shape index (κ2) is 4.00. The first-order valence-corrected chi connectivity index (χ1v) is 2.93. The number of aromatic hydroxyl groups is 1. The predicted molar refractivity (Wildman–Crippen MR) is 49.4 cm³/mol. The molecule has 0 aliphatic carbocycles. The van der Waals surface area contributed by atoms with Gasteiger partial charge in [-0.2, -0.15) is 0 Å². The summed E-state index contributed by atoms with van der Waals surface area (Å²) in [5, 5.41) is 17.5. The Kier molecular flexibility index (Phi) is 3.61. The normalized spacial score (nSPS) is 8.67. The molecule has 0 fully saturated rings. The van der Waals surface area contributed by atoms with E-state index in [2.05, 4.69) is 0 Å². The molecule has 0 aromatic heterocycles. The molecule has 0 radical (unpaired) electrons. The minimum Gasteiger partial charge on any atom is -0.505 e. The summed E-state index contributed by atoms with van der Waals surface area (Å²) in [6.45, 7) is 0. The Labute approximate surface area is 79.8 Å². The molecule has 4 nitrogen and oxygen atoms in total. The fourth-order valence-electron chi connectivity index (χ4n) is 0.734. The van der Waals surface area contributed by atoms with E-state index in [1.54, 1.807) is 0 Å². The number of nitrogen functional groups attached to an aromatic ring is 1. The molecule has 0 atom stereocenters. The van der Waals surface area contributed by atoms with Gasteiger partial charge < -0.3 is 15.9 Å². The van der Waals surface area contributed by atoms with Gasteiger partial charge in [-0.15, -0.1) is 0 Å². The van der Waals surface area contributed by atoms with E-state index < -0.39 is 5.97 Å². The van der Waals surface area contributed by atoms with E-state index in [9.17, 15) is 4.79 Å². The third kappa shape index (κ3) is 1.91. The topological polar surface area (TPSA) is 83.6 Å². The molecule has 1 aromatic carbocycles. The van der Waals surface area contributed by atoms with Crippen LogP contribution in [0.2, 0.25) is 0 Å². The first-order valence-electron chi connectivity index (χ1n) is 2.93. The zero-order chi connectivity index (χ0) is 8.43. The van der Waals surface area contributed by atoms with Crippen LogP contribution in [0.15, 0.2) is 18.2 Å². The first kappa shape index (κ1) is 10.8. The number of carbonyl (C=O) groups is 1. The molecule has 0 aliphatic rings. The maximum absolute atomic E-state index is 10.4. The Morgan fingerprint density at radius 2 is 2.00 bits per heavy atom. The Morgan fingerprint density at radius 1 is 1.42 bits per heavy atom. The summed E-state index contributed by atoms with van der Waals surface area (Å²) in [5.41, 5.74) is 5.14. The van der Waals surface area contributed by atoms with Gasteiger partial charge in [-0.3, -0.25) is 0 Å². The molecule has 64 valence electrons. The van der Waals surface area contributed by atoms with E-state index in [0.29, 0.717) is 0 Å². The van der Waals surface area contributed by atoms with Gasteiger partial charge in [0.2, 0.25) is 0 Å². The molecule has 0 spiro atoms. The van der Waals surface area contributed by atoms with Crippen molar-refractivity contribution in [3.8, 4) is 5.75 Å². The molecule has 5 heteroatoms. The molecular weight excluding hydrogens is 173 g/mol. The standard InChI is InChI=1S/C7H7NO3.Al.3H/c8-5-3-1-2-4(6(5)9)7(10)11;;;;/h1-3,9H,8H2,(H,10,11);;;;. The highest BCUT2D eigenvalue weighted by molar-refractivity contribution is 5.92. The number of phenols is 1. The largest absolute Gasteiger partial charge is 0.505 e. The van der Waals surface area contributed by atoms with E-state index in [-0.39, 0.29) is 34.4 Å². The number of carboxylic acid groups (broad SMARTS) is 1. The van der Waals surface area contributed by atoms with Crippen LogP contribution in [0.25, 0.3) is 0 Å². The maximum atomic E-state index is 10.4. The minimum atomic E-state index is -1.19. The van der Waals surface area contributed by atoms with E-state index in [1.165, 1.54) is 18.2 Å². The average Bonchev–Trinajstić information content (AvgIpc) is 1.94. The summed E-state index contributed by atoms with van der Waals surface area (Å²) < 4.78 is 0. The van der Waals surface area contributed by atoms with Gasteiger partial charge in [0.1, 0.15) is 5.56 Å². The molecule has 0 saturated carbocycles. The third-order valence-electron chi connectivity index (χ3n) is 1.30. The Hall–Kier alpha value is -1.18. The van der Waals surface area contributed by atoms with Crippen molar-refractivity contribution in [2.24, 2.45) is 0 Å². The van der Waals surface area contributed by atoms with Crippen LogP contribution in [-0.4, -0.2) is 33.5 Å². The van der Waals surface area contributed by atoms with Gasteiger partial charge in [0.05, 0.1) is 5.69 Å². The quantitative estimate of drug-likeness (QED) is 0.311. The smallest absolute Gasteiger partial charge is 0.339 e. The predicted octanol–water partition coefficient (Wildman–Crippen LogP) is -0.511. The van der Waals surface area contributed by atoms with Gasteiger partial charge in [-0.1, -0.05) is 6.07 Å². The fourth-order valence-corrected chi connectivity index (χ4v) is 0.734. The molecule has 4 N–H and O–H groups in total. The molecule has 0 heterocycles. The van der Waals surface area contributed by atoms with Gasteiger partial charge in [-0.25, -0.2) is 4.79 Å². The zero-order valence-corrected chi connectivity index (χ0v) is 5.61. The van der Waals surface area contributed by atoms with Crippen molar-refractivity contribution in [1.82, 2.24) is 0 Å². The molecule has 0 unspecified atom stereocenters. The molecule has 0 bridgehead atoms. The molecule has 0 saturated heterocycles. The number of anilines is 1. The Morgan fingerprint density at radius 3 is 2.42 bits per heavy atom. The van der Waals surface area contributed by atoms with Crippen LogP contribution in [0.1, 0.15) is 10.4 Å². The summed E-state index contributed by atoms with van der Waals surface area (Å²) in [6, 6.07) is 4.19. The molecule has 0 aliphatic heterocycles. The lowest BCUT2D eigenvalue weighted by Crippen LogP contribution is -1.98. The van der Waals surface area contributed by atoms with Crippen molar-refractivity contribution >= 4 is 29.0 Å². The van der Waals surface area contributed by atoms with Crippen molar-refractivity contribution in [2.45, 2.75) is 0 Å². The molecular formula is C7H10AlNO3. The van der Waals surface area contributed by atoms with Gasteiger partial charge in [0.25, 0.3) is 0 Å². The highest BCUT2D eigenvalue weighted by atomic mass is 27.0. The average molecular weight is 183 g/mol. The number of carboxylic acids is 1. The van der Waals surface area contributed by atoms with Crippen molar-refractivity contribution < 1.29 is 15.0 Å². The van der Waals surface area contributed by atoms with Gasteiger partial charge in [0, 0.05) is 0 Å². The lowest BCUT2D eigenvalue weighted by atomic mass is 10.2. The molecule has 12 heavy (non-hydrogen) atoms.